The number of alkyl halides is 1. The Morgan fingerprint density at radius 3 is 2.37 bits per heavy atom. The lowest BCUT2D eigenvalue weighted by Gasteiger charge is -2.01. The lowest BCUT2D eigenvalue weighted by molar-refractivity contribution is 0.0600. The Kier molecular flexibility index (Phi) is 8.82. The van der Waals surface area contributed by atoms with Crippen LogP contribution in [0.1, 0.15) is 29.3 Å². The standard InChI is InChI=1S/C9H9NO4S.C3H7Cl/c1-6-5-7(9(11)14-2)3-4-8(6)10-15(12)13;1-2-3-4/h3-5H,1-2H3;2-3H2,1H3. The first-order valence-corrected chi connectivity index (χ1v) is 7.08. The summed E-state index contributed by atoms with van der Waals surface area (Å²) in [6.45, 7) is 3.71. The van der Waals surface area contributed by atoms with Crippen LogP contribution in [0.3, 0.4) is 0 Å². The third-order valence-corrected chi connectivity index (χ3v) is 2.70. The van der Waals surface area contributed by atoms with E-state index in [-0.39, 0.29) is 0 Å². The Labute approximate surface area is 119 Å². The number of esters is 1. The van der Waals surface area contributed by atoms with E-state index in [0.717, 1.165) is 12.3 Å². The first-order chi connectivity index (χ1) is 8.96. The molecule has 7 heteroatoms. The molecule has 0 fully saturated rings. The van der Waals surface area contributed by atoms with Gasteiger partial charge in [0.1, 0.15) is 0 Å². The molecule has 1 aromatic carbocycles. The summed E-state index contributed by atoms with van der Waals surface area (Å²) in [5.74, 6) is 0.327. The minimum absolute atomic E-state index is 0.316. The van der Waals surface area contributed by atoms with Gasteiger partial charge >= 0.3 is 16.5 Å². The number of halogens is 1. The van der Waals surface area contributed by atoms with Crippen molar-refractivity contribution in [2.75, 3.05) is 13.0 Å². The molecular weight excluding hydrogens is 290 g/mol. The summed E-state index contributed by atoms with van der Waals surface area (Å²) in [4.78, 5) is 11.1. The van der Waals surface area contributed by atoms with Gasteiger partial charge in [0.2, 0.25) is 0 Å². The average Bonchev–Trinajstić information content (AvgIpc) is 2.40. The molecule has 0 aliphatic carbocycles. The van der Waals surface area contributed by atoms with Gasteiger partial charge < -0.3 is 4.74 Å². The minimum Gasteiger partial charge on any atom is -0.465 e. The van der Waals surface area contributed by atoms with Crippen molar-refractivity contribution in [1.29, 1.82) is 0 Å². The number of benzene rings is 1. The van der Waals surface area contributed by atoms with Crippen LogP contribution in [0.25, 0.3) is 0 Å². The summed E-state index contributed by atoms with van der Waals surface area (Å²) in [5, 5.41) is 0. The van der Waals surface area contributed by atoms with Crippen LogP contribution in [0.4, 0.5) is 5.69 Å². The Morgan fingerprint density at radius 2 is 2.00 bits per heavy atom. The van der Waals surface area contributed by atoms with Gasteiger partial charge in [-0.3, -0.25) is 0 Å². The van der Waals surface area contributed by atoms with E-state index in [2.05, 4.69) is 9.10 Å². The van der Waals surface area contributed by atoms with E-state index in [9.17, 15) is 13.2 Å². The molecule has 1 aromatic rings. The van der Waals surface area contributed by atoms with Crippen molar-refractivity contribution in [3.8, 4) is 0 Å². The summed E-state index contributed by atoms with van der Waals surface area (Å²) < 4.78 is 28.5. The quantitative estimate of drug-likeness (QED) is 0.635. The first kappa shape index (κ1) is 17.6. The monoisotopic (exact) mass is 305 g/mol. The highest BCUT2D eigenvalue weighted by molar-refractivity contribution is 7.61. The van der Waals surface area contributed by atoms with Crippen molar-refractivity contribution >= 4 is 33.8 Å². The Morgan fingerprint density at radius 1 is 1.42 bits per heavy atom. The minimum atomic E-state index is -2.49. The zero-order valence-electron chi connectivity index (χ0n) is 11.0. The SMILES string of the molecule is CCCCl.COC(=O)c1ccc(N=S(=O)=O)c(C)c1. The normalized spacial score (nSPS) is 9.05. The summed E-state index contributed by atoms with van der Waals surface area (Å²) in [5.41, 5.74) is 1.28. The molecule has 19 heavy (non-hydrogen) atoms. The predicted molar refractivity (Wildman–Crippen MR) is 74.5 cm³/mol. The molecule has 0 aromatic heterocycles. The van der Waals surface area contributed by atoms with Crippen LogP contribution >= 0.6 is 11.6 Å². The zero-order valence-corrected chi connectivity index (χ0v) is 12.6. The fourth-order valence-corrected chi connectivity index (χ4v) is 1.45. The van der Waals surface area contributed by atoms with Gasteiger partial charge in [0.25, 0.3) is 0 Å². The van der Waals surface area contributed by atoms with Crippen molar-refractivity contribution in [3.05, 3.63) is 29.3 Å². The molecule has 0 bridgehead atoms. The molecule has 0 saturated heterocycles. The number of ether oxygens (including phenoxy) is 1. The highest BCUT2D eigenvalue weighted by atomic mass is 35.5. The Bertz CT molecular complexity index is 545. The molecular formula is C12H16ClNO4S. The van der Waals surface area contributed by atoms with Gasteiger partial charge in [0.15, 0.2) is 0 Å². The number of carbonyl (C=O) groups excluding carboxylic acids is 1. The number of aryl methyl sites for hydroxylation is 1. The number of carbonyl (C=O) groups is 1. The average molecular weight is 306 g/mol. The van der Waals surface area contributed by atoms with Crippen molar-refractivity contribution in [2.45, 2.75) is 20.3 Å². The number of hydrogen-bond acceptors (Lipinski definition) is 5. The maximum absolute atomic E-state index is 11.1. The third-order valence-electron chi connectivity index (χ3n) is 1.98. The van der Waals surface area contributed by atoms with Crippen LogP contribution in [-0.4, -0.2) is 27.4 Å². The lowest BCUT2D eigenvalue weighted by atomic mass is 10.1. The van der Waals surface area contributed by atoms with Gasteiger partial charge in [-0.05, 0) is 37.1 Å². The molecule has 0 saturated carbocycles. The van der Waals surface area contributed by atoms with Crippen LogP contribution in [0, 0.1) is 6.92 Å². The highest BCUT2D eigenvalue weighted by Crippen LogP contribution is 2.19. The molecule has 0 heterocycles. The molecule has 0 atom stereocenters. The van der Waals surface area contributed by atoms with Crippen LogP contribution in [-0.2, 0) is 15.2 Å². The fourth-order valence-electron chi connectivity index (χ4n) is 1.08. The van der Waals surface area contributed by atoms with Crippen LogP contribution in [0.2, 0.25) is 0 Å². The van der Waals surface area contributed by atoms with Gasteiger partial charge in [-0.15, -0.1) is 16.0 Å². The number of rotatable bonds is 3. The molecule has 106 valence electrons. The summed E-state index contributed by atoms with van der Waals surface area (Å²) in [7, 11) is -1.21. The predicted octanol–water partition coefficient (Wildman–Crippen LogP) is 3.11. The summed E-state index contributed by atoms with van der Waals surface area (Å²) >= 11 is 5.19. The van der Waals surface area contributed by atoms with Gasteiger partial charge in [-0.25, -0.2) is 4.79 Å². The largest absolute Gasteiger partial charge is 0.465 e. The van der Waals surface area contributed by atoms with E-state index in [1.165, 1.54) is 25.3 Å². The van der Waals surface area contributed by atoms with Crippen molar-refractivity contribution in [1.82, 2.24) is 0 Å². The van der Waals surface area contributed by atoms with Gasteiger partial charge in [0.05, 0.1) is 18.4 Å². The maximum Gasteiger partial charge on any atom is 0.337 e. The second-order valence-corrected chi connectivity index (χ2v) is 4.48. The van der Waals surface area contributed by atoms with Crippen molar-refractivity contribution < 1.29 is 17.9 Å². The summed E-state index contributed by atoms with van der Waals surface area (Å²) in [6, 6.07) is 4.44. The lowest BCUT2D eigenvalue weighted by Crippen LogP contribution is -2.00. The van der Waals surface area contributed by atoms with E-state index in [4.69, 9.17) is 11.6 Å². The van der Waals surface area contributed by atoms with Gasteiger partial charge in [0, 0.05) is 5.88 Å². The molecule has 0 aliphatic rings. The Balaban J connectivity index is 0.000000711. The second-order valence-electron chi connectivity index (χ2n) is 3.49. The van der Waals surface area contributed by atoms with E-state index in [1.54, 1.807) is 6.92 Å². The molecule has 5 nitrogen and oxygen atoms in total. The topological polar surface area (TPSA) is 72.8 Å². The van der Waals surface area contributed by atoms with Crippen LogP contribution < -0.4 is 0 Å². The molecule has 0 amide bonds. The van der Waals surface area contributed by atoms with E-state index < -0.39 is 16.5 Å². The molecule has 0 spiro atoms. The van der Waals surface area contributed by atoms with Gasteiger partial charge in [-0.1, -0.05) is 6.92 Å². The van der Waals surface area contributed by atoms with Crippen molar-refractivity contribution in [3.63, 3.8) is 0 Å². The maximum atomic E-state index is 11.1. The highest BCUT2D eigenvalue weighted by Gasteiger charge is 2.06. The Hall–Kier alpha value is -1.40. The second kappa shape index (κ2) is 9.52. The molecule has 0 aliphatic heterocycles. The van der Waals surface area contributed by atoms with Crippen LogP contribution in [0.5, 0.6) is 0 Å². The van der Waals surface area contributed by atoms with Crippen LogP contribution in [0.15, 0.2) is 22.6 Å². The number of nitrogens with zero attached hydrogens (tertiary/aromatic N) is 1. The molecule has 0 N–H and O–H groups in total. The zero-order chi connectivity index (χ0) is 14.8. The number of hydrogen-bond donors (Lipinski definition) is 0. The van der Waals surface area contributed by atoms with Crippen molar-refractivity contribution in [2.24, 2.45) is 4.36 Å². The summed E-state index contributed by atoms with van der Waals surface area (Å²) in [6.07, 6.45) is 1.08. The smallest absolute Gasteiger partial charge is 0.337 e. The van der Waals surface area contributed by atoms with E-state index in [0.29, 0.717) is 16.8 Å². The third kappa shape index (κ3) is 6.93. The molecule has 1 rings (SSSR count). The van der Waals surface area contributed by atoms with E-state index >= 15 is 0 Å². The first-order valence-electron chi connectivity index (χ1n) is 5.52. The fraction of sp³-hybridized carbons (Fsp3) is 0.417. The van der Waals surface area contributed by atoms with Gasteiger partial charge in [-0.2, -0.15) is 8.42 Å². The van der Waals surface area contributed by atoms with E-state index in [1.807, 2.05) is 6.92 Å². The number of methoxy groups -OCH3 is 1. The molecule has 0 unspecified atom stereocenters. The molecule has 0 radical (unpaired) electrons.